The van der Waals surface area contributed by atoms with Crippen molar-refractivity contribution in [3.8, 4) is 0 Å². The molecule has 2 rings (SSSR count). The zero-order chi connectivity index (χ0) is 11.5. The lowest BCUT2D eigenvalue weighted by atomic mass is 9.96. The van der Waals surface area contributed by atoms with E-state index in [0.717, 1.165) is 18.4 Å². The number of ether oxygens (including phenoxy) is 1. The summed E-state index contributed by atoms with van der Waals surface area (Å²) in [5.41, 5.74) is 8.22. The van der Waals surface area contributed by atoms with Crippen molar-refractivity contribution in [2.24, 2.45) is 0 Å². The molecular weight excluding hydrogens is 202 g/mol. The van der Waals surface area contributed by atoms with Crippen LogP contribution >= 0.6 is 0 Å². The number of hydrogen-bond donors (Lipinski definition) is 1. The SMILES string of the molecule is COC(=O)c1ccc(C2C=CCC2)c(N)c1. The van der Waals surface area contributed by atoms with Crippen LogP contribution in [0.15, 0.2) is 30.4 Å². The Kier molecular flexibility index (Phi) is 2.95. The molecule has 0 fully saturated rings. The topological polar surface area (TPSA) is 52.3 Å². The lowest BCUT2D eigenvalue weighted by Gasteiger charge is -2.12. The molecule has 0 saturated carbocycles. The molecule has 84 valence electrons. The van der Waals surface area contributed by atoms with Crippen molar-refractivity contribution in [1.82, 2.24) is 0 Å². The van der Waals surface area contributed by atoms with Crippen molar-refractivity contribution in [3.63, 3.8) is 0 Å². The van der Waals surface area contributed by atoms with E-state index < -0.39 is 0 Å². The number of benzene rings is 1. The zero-order valence-electron chi connectivity index (χ0n) is 9.27. The Labute approximate surface area is 94.9 Å². The number of nitrogens with two attached hydrogens (primary N) is 1. The van der Waals surface area contributed by atoms with Gasteiger partial charge in [-0.3, -0.25) is 0 Å². The highest BCUT2D eigenvalue weighted by atomic mass is 16.5. The zero-order valence-corrected chi connectivity index (χ0v) is 9.27. The van der Waals surface area contributed by atoms with Gasteiger partial charge in [-0.15, -0.1) is 0 Å². The summed E-state index contributed by atoms with van der Waals surface area (Å²) in [4.78, 5) is 11.3. The molecule has 0 bridgehead atoms. The number of hydrogen-bond acceptors (Lipinski definition) is 3. The van der Waals surface area contributed by atoms with Crippen molar-refractivity contribution in [1.29, 1.82) is 0 Å². The molecule has 0 aliphatic heterocycles. The Hall–Kier alpha value is -1.77. The van der Waals surface area contributed by atoms with Gasteiger partial charge in [0.1, 0.15) is 0 Å². The van der Waals surface area contributed by atoms with E-state index >= 15 is 0 Å². The average molecular weight is 217 g/mol. The third kappa shape index (κ3) is 1.94. The Bertz CT molecular complexity index is 438. The number of methoxy groups -OCH3 is 1. The summed E-state index contributed by atoms with van der Waals surface area (Å²) in [7, 11) is 1.37. The van der Waals surface area contributed by atoms with E-state index in [0.29, 0.717) is 17.2 Å². The molecule has 16 heavy (non-hydrogen) atoms. The van der Waals surface area contributed by atoms with Gasteiger partial charge < -0.3 is 10.5 Å². The largest absolute Gasteiger partial charge is 0.465 e. The first-order valence-corrected chi connectivity index (χ1v) is 5.37. The number of allylic oxidation sites excluding steroid dienone is 2. The highest BCUT2D eigenvalue weighted by molar-refractivity contribution is 5.90. The third-order valence-corrected chi connectivity index (χ3v) is 2.92. The number of rotatable bonds is 2. The summed E-state index contributed by atoms with van der Waals surface area (Å²) in [5.74, 6) is 0.0481. The molecule has 2 N–H and O–H groups in total. The molecule has 1 aliphatic rings. The summed E-state index contributed by atoms with van der Waals surface area (Å²) in [5, 5.41) is 0. The quantitative estimate of drug-likeness (QED) is 0.470. The molecule has 1 unspecified atom stereocenters. The van der Waals surface area contributed by atoms with Gasteiger partial charge in [-0.05, 0) is 30.5 Å². The van der Waals surface area contributed by atoms with Crippen LogP contribution in [-0.4, -0.2) is 13.1 Å². The van der Waals surface area contributed by atoms with Crippen LogP contribution in [0.1, 0.15) is 34.7 Å². The van der Waals surface area contributed by atoms with Gasteiger partial charge in [-0.25, -0.2) is 4.79 Å². The van der Waals surface area contributed by atoms with Crippen molar-refractivity contribution in [3.05, 3.63) is 41.5 Å². The minimum absolute atomic E-state index is 0.347. The Morgan fingerprint density at radius 2 is 2.31 bits per heavy atom. The second-order valence-corrected chi connectivity index (χ2v) is 3.95. The maximum atomic E-state index is 11.3. The van der Waals surface area contributed by atoms with Crippen LogP contribution in [0, 0.1) is 0 Å². The molecule has 1 aromatic rings. The fraction of sp³-hybridized carbons (Fsp3) is 0.308. The van der Waals surface area contributed by atoms with Gasteiger partial charge in [0.2, 0.25) is 0 Å². The van der Waals surface area contributed by atoms with Crippen LogP contribution in [0.3, 0.4) is 0 Å². The normalized spacial score (nSPS) is 18.7. The summed E-state index contributed by atoms with van der Waals surface area (Å²) in [6.45, 7) is 0. The first-order chi connectivity index (χ1) is 7.72. The second kappa shape index (κ2) is 4.39. The Morgan fingerprint density at radius 1 is 1.50 bits per heavy atom. The molecule has 1 atom stereocenters. The van der Waals surface area contributed by atoms with Gasteiger partial charge in [0.05, 0.1) is 12.7 Å². The van der Waals surface area contributed by atoms with E-state index in [1.54, 1.807) is 12.1 Å². The van der Waals surface area contributed by atoms with Gasteiger partial charge in [0.25, 0.3) is 0 Å². The number of carbonyl (C=O) groups is 1. The lowest BCUT2D eigenvalue weighted by Crippen LogP contribution is -2.05. The van der Waals surface area contributed by atoms with E-state index in [9.17, 15) is 4.79 Å². The van der Waals surface area contributed by atoms with Crippen molar-refractivity contribution in [2.75, 3.05) is 12.8 Å². The molecule has 0 aromatic heterocycles. The van der Waals surface area contributed by atoms with Crippen LogP contribution in [0.4, 0.5) is 5.69 Å². The average Bonchev–Trinajstić information content (AvgIpc) is 2.81. The molecule has 0 spiro atoms. The van der Waals surface area contributed by atoms with E-state index in [-0.39, 0.29) is 5.97 Å². The first-order valence-electron chi connectivity index (χ1n) is 5.37. The third-order valence-electron chi connectivity index (χ3n) is 2.92. The molecule has 3 nitrogen and oxygen atoms in total. The molecule has 0 saturated heterocycles. The molecule has 1 aromatic carbocycles. The van der Waals surface area contributed by atoms with Crippen LogP contribution in [0.2, 0.25) is 0 Å². The number of nitrogen functional groups attached to an aromatic ring is 1. The fourth-order valence-corrected chi connectivity index (χ4v) is 2.05. The summed E-state index contributed by atoms with van der Waals surface area (Å²) < 4.78 is 4.65. The van der Waals surface area contributed by atoms with Crippen LogP contribution in [0.25, 0.3) is 0 Å². The Balaban J connectivity index is 2.29. The van der Waals surface area contributed by atoms with E-state index in [2.05, 4.69) is 16.9 Å². The fourth-order valence-electron chi connectivity index (χ4n) is 2.05. The van der Waals surface area contributed by atoms with Gasteiger partial charge >= 0.3 is 5.97 Å². The molecule has 0 radical (unpaired) electrons. The van der Waals surface area contributed by atoms with E-state index in [4.69, 9.17) is 5.73 Å². The van der Waals surface area contributed by atoms with E-state index in [1.807, 2.05) is 6.07 Å². The smallest absolute Gasteiger partial charge is 0.337 e. The van der Waals surface area contributed by atoms with Gasteiger partial charge in [-0.2, -0.15) is 0 Å². The molecule has 1 aliphatic carbocycles. The predicted octanol–water partition coefficient (Wildman–Crippen LogP) is 2.49. The first kappa shape index (κ1) is 10.7. The summed E-state index contributed by atoms with van der Waals surface area (Å²) >= 11 is 0. The van der Waals surface area contributed by atoms with Crippen molar-refractivity contribution < 1.29 is 9.53 Å². The molecule has 0 heterocycles. The van der Waals surface area contributed by atoms with Crippen molar-refractivity contribution >= 4 is 11.7 Å². The molecular formula is C13H15NO2. The summed E-state index contributed by atoms with van der Waals surface area (Å²) in [6, 6.07) is 5.37. The second-order valence-electron chi connectivity index (χ2n) is 3.95. The van der Waals surface area contributed by atoms with E-state index in [1.165, 1.54) is 7.11 Å². The van der Waals surface area contributed by atoms with Gasteiger partial charge in [-0.1, -0.05) is 18.2 Å². The molecule has 3 heteroatoms. The number of carbonyl (C=O) groups excluding carboxylic acids is 1. The molecule has 0 amide bonds. The standard InChI is InChI=1S/C13H15NO2/c1-16-13(15)10-6-7-11(12(14)8-10)9-4-2-3-5-9/h2,4,6-9H,3,5,14H2,1H3. The van der Waals surface area contributed by atoms with Gasteiger partial charge in [0, 0.05) is 11.6 Å². The Morgan fingerprint density at radius 3 is 2.88 bits per heavy atom. The highest BCUT2D eigenvalue weighted by Crippen LogP contribution is 2.32. The van der Waals surface area contributed by atoms with Crippen LogP contribution in [0.5, 0.6) is 0 Å². The van der Waals surface area contributed by atoms with Gasteiger partial charge in [0.15, 0.2) is 0 Å². The highest BCUT2D eigenvalue weighted by Gasteiger charge is 2.16. The van der Waals surface area contributed by atoms with Crippen LogP contribution < -0.4 is 5.73 Å². The maximum Gasteiger partial charge on any atom is 0.337 e. The maximum absolute atomic E-state index is 11.3. The number of anilines is 1. The predicted molar refractivity (Wildman–Crippen MR) is 63.3 cm³/mol. The minimum Gasteiger partial charge on any atom is -0.465 e. The summed E-state index contributed by atoms with van der Waals surface area (Å²) in [6.07, 6.45) is 6.53. The monoisotopic (exact) mass is 217 g/mol. The lowest BCUT2D eigenvalue weighted by molar-refractivity contribution is 0.0601. The van der Waals surface area contributed by atoms with Crippen molar-refractivity contribution in [2.45, 2.75) is 18.8 Å². The van der Waals surface area contributed by atoms with Crippen LogP contribution in [-0.2, 0) is 4.74 Å². The minimum atomic E-state index is -0.347. The number of esters is 1.